The molecule has 0 radical (unpaired) electrons. The quantitative estimate of drug-likeness (QED) is 0.576. The molecule has 2 N–H and O–H groups in total. The van der Waals surface area contributed by atoms with Crippen LogP contribution in [0.25, 0.3) is 10.9 Å². The van der Waals surface area contributed by atoms with Crippen molar-refractivity contribution >= 4 is 22.6 Å². The summed E-state index contributed by atoms with van der Waals surface area (Å²) in [4.78, 5) is 23.4. The summed E-state index contributed by atoms with van der Waals surface area (Å²) in [5, 5.41) is 0.688. The molecule has 1 aromatic carbocycles. The van der Waals surface area contributed by atoms with Gasteiger partial charge in [0.1, 0.15) is 11.5 Å². The molecule has 0 spiro atoms. The molecule has 1 saturated heterocycles. The number of nitrogen functional groups attached to an aromatic ring is 1. The molecule has 0 bridgehead atoms. The lowest BCUT2D eigenvalue weighted by Crippen LogP contribution is -2.43. The fourth-order valence-electron chi connectivity index (χ4n) is 4.19. The van der Waals surface area contributed by atoms with Crippen LogP contribution in [-0.2, 0) is 22.7 Å². The van der Waals surface area contributed by atoms with Gasteiger partial charge in [-0.15, -0.1) is 13.2 Å². The zero-order valence-corrected chi connectivity index (χ0v) is 17.6. The third-order valence-electron chi connectivity index (χ3n) is 5.79. The highest BCUT2D eigenvalue weighted by atomic mass is 19.4. The van der Waals surface area contributed by atoms with Crippen molar-refractivity contribution in [2.75, 3.05) is 25.5 Å². The Labute approximate surface area is 190 Å². The summed E-state index contributed by atoms with van der Waals surface area (Å²) in [6.45, 7) is 1.06. The Balaban J connectivity index is 1.49. The standard InChI is InChI=1S/C22H18F4N4O4/c23-15-2-1-11(5-19(15)34-22(24,25)26)18-10-32-4-3-30(18)21(31)16-6-12-13-8-33-9-14(13)20(27)29-17(12)7-28-16/h1-2,5-7,18H,3-4,8-10H2,(H2,27,29)/t18-/m1/s1. The number of hydrogen-bond donors (Lipinski definition) is 1. The average Bonchev–Trinajstić information content (AvgIpc) is 3.30. The van der Waals surface area contributed by atoms with Crippen LogP contribution < -0.4 is 10.5 Å². The van der Waals surface area contributed by atoms with E-state index in [1.165, 1.54) is 17.2 Å². The first-order valence-electron chi connectivity index (χ1n) is 10.3. The first-order valence-corrected chi connectivity index (χ1v) is 10.3. The number of fused-ring (bicyclic) bond motifs is 3. The lowest BCUT2D eigenvalue weighted by atomic mass is 10.0. The molecule has 0 saturated carbocycles. The van der Waals surface area contributed by atoms with E-state index in [0.717, 1.165) is 23.3 Å². The monoisotopic (exact) mass is 478 g/mol. The van der Waals surface area contributed by atoms with Gasteiger partial charge < -0.3 is 24.8 Å². The first kappa shape index (κ1) is 22.3. The Morgan fingerprint density at radius 1 is 1.18 bits per heavy atom. The number of carbonyl (C=O) groups excluding carboxylic acids is 1. The molecule has 12 heteroatoms. The fraction of sp³-hybridized carbons (Fsp3) is 0.318. The number of nitrogens with zero attached hydrogens (tertiary/aromatic N) is 3. The van der Waals surface area contributed by atoms with E-state index >= 15 is 0 Å². The van der Waals surface area contributed by atoms with E-state index in [2.05, 4.69) is 14.7 Å². The fourth-order valence-corrected chi connectivity index (χ4v) is 4.19. The molecule has 34 heavy (non-hydrogen) atoms. The van der Waals surface area contributed by atoms with Gasteiger partial charge in [0.05, 0.1) is 44.2 Å². The lowest BCUT2D eigenvalue weighted by molar-refractivity contribution is -0.275. The molecule has 2 aliphatic heterocycles. The highest BCUT2D eigenvalue weighted by Crippen LogP contribution is 2.34. The van der Waals surface area contributed by atoms with Gasteiger partial charge in [0.2, 0.25) is 0 Å². The molecule has 178 valence electrons. The van der Waals surface area contributed by atoms with Crippen LogP contribution >= 0.6 is 0 Å². The van der Waals surface area contributed by atoms with Gasteiger partial charge in [-0.05, 0) is 29.3 Å². The number of ether oxygens (including phenoxy) is 3. The number of benzene rings is 1. The minimum Gasteiger partial charge on any atom is -0.403 e. The molecular weight excluding hydrogens is 460 g/mol. The van der Waals surface area contributed by atoms with Gasteiger partial charge in [0.25, 0.3) is 5.91 Å². The Hall–Kier alpha value is -3.51. The summed E-state index contributed by atoms with van der Waals surface area (Å²) in [7, 11) is 0. The Morgan fingerprint density at radius 2 is 1.97 bits per heavy atom. The highest BCUT2D eigenvalue weighted by molar-refractivity contribution is 5.97. The van der Waals surface area contributed by atoms with E-state index in [1.807, 2.05) is 0 Å². The maximum atomic E-state index is 13.9. The smallest absolute Gasteiger partial charge is 0.403 e. The van der Waals surface area contributed by atoms with Crippen LogP contribution in [-0.4, -0.2) is 46.9 Å². The molecular formula is C22H18F4N4O4. The summed E-state index contributed by atoms with van der Waals surface area (Å²) in [6.07, 6.45) is -3.62. The normalized spacial score (nSPS) is 18.2. The summed E-state index contributed by atoms with van der Waals surface area (Å²) in [6, 6.07) is 3.92. The largest absolute Gasteiger partial charge is 0.573 e. The topological polar surface area (TPSA) is 99.8 Å². The third-order valence-corrected chi connectivity index (χ3v) is 5.79. The van der Waals surface area contributed by atoms with E-state index in [0.29, 0.717) is 29.9 Å². The van der Waals surface area contributed by atoms with Crippen LogP contribution in [0.4, 0.5) is 23.4 Å². The van der Waals surface area contributed by atoms with Crippen LogP contribution in [0.1, 0.15) is 33.2 Å². The molecule has 1 fully saturated rings. The predicted octanol–water partition coefficient (Wildman–Crippen LogP) is 3.49. The molecule has 0 unspecified atom stereocenters. The van der Waals surface area contributed by atoms with E-state index in [-0.39, 0.29) is 31.0 Å². The Kier molecular flexibility index (Phi) is 5.48. The van der Waals surface area contributed by atoms with Crippen molar-refractivity contribution in [2.24, 2.45) is 0 Å². The SMILES string of the molecule is Nc1nc2cnc(C(=O)N3CCOC[C@@H]3c3ccc(F)c(OC(F)(F)F)c3)cc2c2c1COC2. The number of hydrogen-bond acceptors (Lipinski definition) is 7. The number of carbonyl (C=O) groups is 1. The molecule has 3 aromatic rings. The number of alkyl halides is 3. The minimum absolute atomic E-state index is 0.0116. The van der Waals surface area contributed by atoms with Gasteiger partial charge in [0, 0.05) is 17.5 Å². The van der Waals surface area contributed by atoms with Gasteiger partial charge in [0.15, 0.2) is 11.6 Å². The number of halogens is 4. The summed E-state index contributed by atoms with van der Waals surface area (Å²) in [5.74, 6) is -2.26. The number of amides is 1. The molecule has 1 atom stereocenters. The van der Waals surface area contributed by atoms with Gasteiger partial charge in [-0.3, -0.25) is 4.79 Å². The molecule has 2 aromatic heterocycles. The number of aromatic nitrogens is 2. The summed E-state index contributed by atoms with van der Waals surface area (Å²) >= 11 is 0. The first-order chi connectivity index (χ1) is 16.2. The Bertz CT molecular complexity index is 1280. The van der Waals surface area contributed by atoms with E-state index in [9.17, 15) is 22.4 Å². The van der Waals surface area contributed by atoms with Crippen molar-refractivity contribution < 1.29 is 36.6 Å². The zero-order chi connectivity index (χ0) is 24.0. The van der Waals surface area contributed by atoms with E-state index in [1.54, 1.807) is 6.07 Å². The zero-order valence-electron chi connectivity index (χ0n) is 17.6. The van der Waals surface area contributed by atoms with Crippen LogP contribution in [0.3, 0.4) is 0 Å². The van der Waals surface area contributed by atoms with Crippen LogP contribution in [0, 0.1) is 5.82 Å². The Morgan fingerprint density at radius 3 is 2.76 bits per heavy atom. The second-order valence-electron chi connectivity index (χ2n) is 7.86. The van der Waals surface area contributed by atoms with Gasteiger partial charge >= 0.3 is 6.36 Å². The van der Waals surface area contributed by atoms with Crippen molar-refractivity contribution in [2.45, 2.75) is 25.6 Å². The average molecular weight is 478 g/mol. The van der Waals surface area contributed by atoms with Gasteiger partial charge in [-0.25, -0.2) is 14.4 Å². The molecule has 2 aliphatic rings. The second kappa shape index (κ2) is 8.37. The number of rotatable bonds is 3. The number of nitrogens with two attached hydrogens (primary N) is 1. The van der Waals surface area contributed by atoms with E-state index < -0.39 is 29.9 Å². The summed E-state index contributed by atoms with van der Waals surface area (Å²) < 4.78 is 66.6. The lowest BCUT2D eigenvalue weighted by Gasteiger charge is -2.36. The number of anilines is 1. The molecule has 8 nitrogen and oxygen atoms in total. The third kappa shape index (κ3) is 4.10. The maximum Gasteiger partial charge on any atom is 0.573 e. The van der Waals surface area contributed by atoms with E-state index in [4.69, 9.17) is 15.2 Å². The van der Waals surface area contributed by atoms with Crippen molar-refractivity contribution in [3.8, 4) is 5.75 Å². The van der Waals surface area contributed by atoms with Crippen molar-refractivity contribution in [3.63, 3.8) is 0 Å². The molecule has 5 rings (SSSR count). The molecule has 4 heterocycles. The van der Waals surface area contributed by atoms with Crippen molar-refractivity contribution in [1.29, 1.82) is 0 Å². The molecule has 0 aliphatic carbocycles. The van der Waals surface area contributed by atoms with Crippen molar-refractivity contribution in [1.82, 2.24) is 14.9 Å². The van der Waals surface area contributed by atoms with Crippen LogP contribution in [0.5, 0.6) is 5.75 Å². The van der Waals surface area contributed by atoms with Crippen LogP contribution in [0.15, 0.2) is 30.5 Å². The highest BCUT2D eigenvalue weighted by Gasteiger charge is 2.35. The molecule has 1 amide bonds. The maximum absolute atomic E-state index is 13.9. The van der Waals surface area contributed by atoms with Crippen molar-refractivity contribution in [3.05, 3.63) is 58.7 Å². The van der Waals surface area contributed by atoms with Gasteiger partial charge in [-0.2, -0.15) is 0 Å². The summed E-state index contributed by atoms with van der Waals surface area (Å²) in [5.41, 5.74) is 8.46. The van der Waals surface area contributed by atoms with Gasteiger partial charge in [-0.1, -0.05) is 6.07 Å². The number of pyridine rings is 2. The van der Waals surface area contributed by atoms with Crippen LogP contribution in [0.2, 0.25) is 0 Å². The number of morpholine rings is 1. The second-order valence-corrected chi connectivity index (χ2v) is 7.86. The minimum atomic E-state index is -5.06. The predicted molar refractivity (Wildman–Crippen MR) is 110 cm³/mol.